The van der Waals surface area contributed by atoms with Crippen LogP contribution in [0.15, 0.2) is 17.1 Å². The minimum absolute atomic E-state index is 0.00381. The highest BCUT2D eigenvalue weighted by molar-refractivity contribution is 9.09. The molecule has 0 aromatic carbocycles. The summed E-state index contributed by atoms with van der Waals surface area (Å²) in [6.07, 6.45) is -3.56. The van der Waals surface area contributed by atoms with Crippen LogP contribution in [0.1, 0.15) is 6.23 Å². The number of nitrogens with two attached hydrogens (primary N) is 1. The van der Waals surface area contributed by atoms with Crippen LogP contribution < -0.4 is 11.4 Å². The quantitative estimate of drug-likeness (QED) is 0.621. The summed E-state index contributed by atoms with van der Waals surface area (Å²) in [5.41, 5.74) is 3.05. The van der Waals surface area contributed by atoms with Crippen molar-refractivity contribution in [3.8, 4) is 0 Å². The van der Waals surface area contributed by atoms with Crippen molar-refractivity contribution in [2.45, 2.75) is 24.1 Å². The molecule has 0 spiro atoms. The van der Waals surface area contributed by atoms with E-state index in [1.54, 1.807) is 0 Å². The number of hydrogen-bond acceptors (Lipinski definition) is 6. The SMILES string of the molecule is Nc1ccn([C@@H]2O[C@@](CO)(CBr)[C@@H](O)[C@H]2F)c(=O)n1. The molecule has 106 valence electrons. The maximum atomic E-state index is 14.1. The Morgan fingerprint density at radius 3 is 2.84 bits per heavy atom. The van der Waals surface area contributed by atoms with Gasteiger partial charge in [-0.25, -0.2) is 9.18 Å². The number of anilines is 1. The Kier molecular flexibility index (Phi) is 3.90. The van der Waals surface area contributed by atoms with Crippen molar-refractivity contribution < 1.29 is 19.3 Å². The number of aliphatic hydroxyl groups is 2. The Morgan fingerprint density at radius 1 is 1.68 bits per heavy atom. The van der Waals surface area contributed by atoms with Gasteiger partial charge in [-0.05, 0) is 6.07 Å². The van der Waals surface area contributed by atoms with Crippen LogP contribution in [0, 0.1) is 0 Å². The molecule has 1 aliphatic heterocycles. The first-order valence-electron chi connectivity index (χ1n) is 5.46. The summed E-state index contributed by atoms with van der Waals surface area (Å²) >= 11 is 3.06. The van der Waals surface area contributed by atoms with E-state index in [0.29, 0.717) is 0 Å². The van der Waals surface area contributed by atoms with E-state index in [1.165, 1.54) is 12.3 Å². The Morgan fingerprint density at radius 2 is 2.37 bits per heavy atom. The molecule has 1 saturated heterocycles. The zero-order valence-corrected chi connectivity index (χ0v) is 11.3. The largest absolute Gasteiger partial charge is 0.393 e. The number of aliphatic hydroxyl groups excluding tert-OH is 2. The Balaban J connectivity index is 2.39. The van der Waals surface area contributed by atoms with E-state index in [-0.39, 0.29) is 11.1 Å². The summed E-state index contributed by atoms with van der Waals surface area (Å²) in [6, 6.07) is 1.32. The van der Waals surface area contributed by atoms with Crippen LogP contribution in [0.2, 0.25) is 0 Å². The van der Waals surface area contributed by atoms with E-state index < -0.39 is 36.4 Å². The lowest BCUT2D eigenvalue weighted by atomic mass is 9.99. The molecule has 2 heterocycles. The lowest BCUT2D eigenvalue weighted by Crippen LogP contribution is -2.47. The smallest absolute Gasteiger partial charge is 0.351 e. The monoisotopic (exact) mass is 337 g/mol. The van der Waals surface area contributed by atoms with Gasteiger partial charge in [0.15, 0.2) is 12.4 Å². The topological polar surface area (TPSA) is 111 Å². The zero-order valence-electron chi connectivity index (χ0n) is 9.74. The Labute approximate surface area is 116 Å². The second-order valence-corrected chi connectivity index (χ2v) is 4.86. The highest BCUT2D eigenvalue weighted by Gasteiger charge is 2.55. The highest BCUT2D eigenvalue weighted by Crippen LogP contribution is 2.39. The second kappa shape index (κ2) is 5.16. The van der Waals surface area contributed by atoms with Crippen molar-refractivity contribution in [1.82, 2.24) is 9.55 Å². The standard InChI is InChI=1S/C10H13BrFN3O4/c11-3-10(4-16)7(17)6(12)8(19-10)15-2-1-5(13)14-9(15)18/h1-2,6-8,16-17H,3-4H2,(H2,13,14,18)/t6-,7+,8-,10-/m1/s1. The molecule has 2 rings (SSSR count). The summed E-state index contributed by atoms with van der Waals surface area (Å²) in [5.74, 6) is 0.00381. The molecule has 0 saturated carbocycles. The van der Waals surface area contributed by atoms with Gasteiger partial charge in [-0.1, -0.05) is 15.9 Å². The van der Waals surface area contributed by atoms with E-state index >= 15 is 0 Å². The summed E-state index contributed by atoms with van der Waals surface area (Å²) in [6.45, 7) is -0.590. The fourth-order valence-corrected chi connectivity index (χ4v) is 2.58. The fraction of sp³-hybridized carbons (Fsp3) is 0.600. The molecule has 0 amide bonds. The molecule has 1 fully saturated rings. The lowest BCUT2D eigenvalue weighted by Gasteiger charge is -2.27. The molecule has 0 aliphatic carbocycles. The summed E-state index contributed by atoms with van der Waals surface area (Å²) in [4.78, 5) is 15.1. The van der Waals surface area contributed by atoms with Gasteiger partial charge in [0.05, 0.1) is 6.61 Å². The number of alkyl halides is 2. The van der Waals surface area contributed by atoms with Gasteiger partial charge in [-0.2, -0.15) is 4.98 Å². The maximum absolute atomic E-state index is 14.1. The van der Waals surface area contributed by atoms with Crippen LogP contribution in [-0.2, 0) is 4.74 Å². The van der Waals surface area contributed by atoms with Gasteiger partial charge in [-0.3, -0.25) is 4.57 Å². The molecule has 1 aromatic rings. The number of rotatable bonds is 3. The third-order valence-electron chi connectivity index (χ3n) is 3.09. The predicted octanol–water partition coefficient (Wildman–Crippen LogP) is -0.821. The van der Waals surface area contributed by atoms with Gasteiger partial charge in [0.1, 0.15) is 17.5 Å². The van der Waals surface area contributed by atoms with Gasteiger partial charge in [0, 0.05) is 11.5 Å². The predicted molar refractivity (Wildman–Crippen MR) is 67.5 cm³/mol. The van der Waals surface area contributed by atoms with E-state index in [9.17, 15) is 19.4 Å². The molecule has 4 N–H and O–H groups in total. The van der Waals surface area contributed by atoms with Crippen LogP contribution in [-0.4, -0.2) is 49.6 Å². The van der Waals surface area contributed by atoms with Crippen LogP contribution in [0.3, 0.4) is 0 Å². The van der Waals surface area contributed by atoms with Crippen molar-refractivity contribution in [3.63, 3.8) is 0 Å². The van der Waals surface area contributed by atoms with Gasteiger partial charge in [0.2, 0.25) is 0 Å². The molecule has 19 heavy (non-hydrogen) atoms. The molecule has 0 bridgehead atoms. The van der Waals surface area contributed by atoms with Gasteiger partial charge in [-0.15, -0.1) is 0 Å². The molecule has 1 aromatic heterocycles. The minimum Gasteiger partial charge on any atom is -0.393 e. The molecular formula is C10H13BrFN3O4. The molecule has 0 unspecified atom stereocenters. The first-order valence-corrected chi connectivity index (χ1v) is 6.59. The van der Waals surface area contributed by atoms with Crippen LogP contribution in [0.25, 0.3) is 0 Å². The number of aromatic nitrogens is 2. The van der Waals surface area contributed by atoms with Gasteiger partial charge >= 0.3 is 5.69 Å². The summed E-state index contributed by atoms with van der Waals surface area (Å²) in [5, 5.41) is 19.1. The number of nitrogen functional groups attached to an aromatic ring is 1. The molecule has 4 atom stereocenters. The summed E-state index contributed by atoms with van der Waals surface area (Å²) in [7, 11) is 0. The number of hydrogen-bond donors (Lipinski definition) is 3. The molecule has 1 aliphatic rings. The second-order valence-electron chi connectivity index (χ2n) is 4.30. The average molecular weight is 338 g/mol. The van der Waals surface area contributed by atoms with E-state index in [4.69, 9.17) is 10.5 Å². The molecule has 0 radical (unpaired) electrons. The fourth-order valence-electron chi connectivity index (χ4n) is 1.93. The lowest BCUT2D eigenvalue weighted by molar-refractivity contribution is -0.113. The molecule has 7 nitrogen and oxygen atoms in total. The van der Waals surface area contributed by atoms with Crippen molar-refractivity contribution in [1.29, 1.82) is 0 Å². The van der Waals surface area contributed by atoms with E-state index in [1.807, 2.05) is 0 Å². The summed E-state index contributed by atoms with van der Waals surface area (Å²) < 4.78 is 20.3. The number of nitrogens with zero attached hydrogens (tertiary/aromatic N) is 2. The highest BCUT2D eigenvalue weighted by atomic mass is 79.9. The Bertz CT molecular complexity index is 522. The van der Waals surface area contributed by atoms with Crippen LogP contribution in [0.4, 0.5) is 10.2 Å². The van der Waals surface area contributed by atoms with Crippen molar-refractivity contribution in [3.05, 3.63) is 22.7 Å². The van der Waals surface area contributed by atoms with Crippen molar-refractivity contribution >= 4 is 21.7 Å². The van der Waals surface area contributed by atoms with Crippen LogP contribution >= 0.6 is 15.9 Å². The Hall–Kier alpha value is -1.03. The third kappa shape index (κ3) is 2.27. The van der Waals surface area contributed by atoms with E-state index in [0.717, 1.165) is 4.57 Å². The van der Waals surface area contributed by atoms with Gasteiger partial charge < -0.3 is 20.7 Å². The first kappa shape index (κ1) is 14.4. The number of ether oxygens (including phenoxy) is 1. The van der Waals surface area contributed by atoms with Crippen molar-refractivity contribution in [2.24, 2.45) is 0 Å². The normalized spacial score (nSPS) is 34.6. The van der Waals surface area contributed by atoms with E-state index in [2.05, 4.69) is 20.9 Å². The van der Waals surface area contributed by atoms with Crippen LogP contribution in [0.5, 0.6) is 0 Å². The maximum Gasteiger partial charge on any atom is 0.351 e. The third-order valence-corrected chi connectivity index (χ3v) is 4.04. The zero-order chi connectivity index (χ0) is 14.2. The molecule has 9 heteroatoms. The average Bonchev–Trinajstić information content (AvgIpc) is 2.64. The van der Waals surface area contributed by atoms with Gasteiger partial charge in [0.25, 0.3) is 0 Å². The van der Waals surface area contributed by atoms with Crippen molar-refractivity contribution in [2.75, 3.05) is 17.7 Å². The molecular weight excluding hydrogens is 325 g/mol. The minimum atomic E-state index is -1.87. The number of halogens is 2. The first-order chi connectivity index (χ1) is 8.95.